The van der Waals surface area contributed by atoms with Gasteiger partial charge in [0.1, 0.15) is 5.75 Å². The number of nitrogen functional groups attached to an aromatic ring is 1. The average Bonchev–Trinajstić information content (AvgIpc) is 2.31. The van der Waals surface area contributed by atoms with Crippen molar-refractivity contribution in [1.82, 2.24) is 9.97 Å². The van der Waals surface area contributed by atoms with E-state index in [1.165, 1.54) is 6.07 Å². The summed E-state index contributed by atoms with van der Waals surface area (Å²) >= 11 is 0. The molecule has 2 aromatic rings. The first-order chi connectivity index (χ1) is 9.36. The minimum atomic E-state index is -0.418. The van der Waals surface area contributed by atoms with E-state index in [0.29, 0.717) is 28.5 Å². The maximum atomic E-state index is 10.9. The van der Waals surface area contributed by atoms with E-state index in [9.17, 15) is 10.1 Å². The van der Waals surface area contributed by atoms with Gasteiger partial charge in [0, 0.05) is 23.4 Å². The van der Waals surface area contributed by atoms with Gasteiger partial charge in [-0.3, -0.25) is 10.1 Å². The van der Waals surface area contributed by atoms with Crippen LogP contribution in [-0.4, -0.2) is 14.9 Å². The highest BCUT2D eigenvalue weighted by atomic mass is 16.6. The SMILES string of the molecule is Cc1cc(Oc2cc(C)c([N+](=O)[O-])cc2C)nc(N)n1. The maximum absolute atomic E-state index is 10.9. The predicted octanol–water partition coefficient (Wildman–Crippen LogP) is 2.68. The summed E-state index contributed by atoms with van der Waals surface area (Å²) in [6.45, 7) is 5.17. The van der Waals surface area contributed by atoms with E-state index in [4.69, 9.17) is 10.5 Å². The van der Waals surface area contributed by atoms with Crippen molar-refractivity contribution < 1.29 is 9.66 Å². The zero-order valence-electron chi connectivity index (χ0n) is 11.4. The first-order valence-electron chi connectivity index (χ1n) is 5.91. The number of nitrogens with two attached hydrogens (primary N) is 1. The van der Waals surface area contributed by atoms with Crippen LogP contribution in [0.3, 0.4) is 0 Å². The fourth-order valence-corrected chi connectivity index (χ4v) is 1.81. The number of nitro groups is 1. The fraction of sp³-hybridized carbons (Fsp3) is 0.231. The fourth-order valence-electron chi connectivity index (χ4n) is 1.81. The smallest absolute Gasteiger partial charge is 0.272 e. The van der Waals surface area contributed by atoms with Gasteiger partial charge in [0.05, 0.1) is 4.92 Å². The van der Waals surface area contributed by atoms with Crippen LogP contribution in [-0.2, 0) is 0 Å². The quantitative estimate of drug-likeness (QED) is 0.681. The molecular weight excluding hydrogens is 260 g/mol. The van der Waals surface area contributed by atoms with Crippen LogP contribution in [0.2, 0.25) is 0 Å². The highest BCUT2D eigenvalue weighted by molar-refractivity contribution is 5.50. The van der Waals surface area contributed by atoms with Crippen molar-refractivity contribution in [2.24, 2.45) is 0 Å². The summed E-state index contributed by atoms with van der Waals surface area (Å²) in [6.07, 6.45) is 0. The third-order valence-electron chi connectivity index (χ3n) is 2.75. The molecule has 20 heavy (non-hydrogen) atoms. The Morgan fingerprint density at radius 2 is 1.85 bits per heavy atom. The van der Waals surface area contributed by atoms with Gasteiger partial charge in [0.2, 0.25) is 11.8 Å². The zero-order valence-corrected chi connectivity index (χ0v) is 11.4. The summed E-state index contributed by atoms with van der Waals surface area (Å²) < 4.78 is 5.63. The van der Waals surface area contributed by atoms with E-state index in [1.807, 2.05) is 0 Å². The zero-order chi connectivity index (χ0) is 14.9. The number of aryl methyl sites for hydroxylation is 3. The number of aromatic nitrogens is 2. The molecule has 0 unspecified atom stereocenters. The molecule has 104 valence electrons. The molecule has 1 aromatic heterocycles. The Kier molecular flexibility index (Phi) is 3.51. The topological polar surface area (TPSA) is 104 Å². The molecule has 0 aliphatic carbocycles. The largest absolute Gasteiger partial charge is 0.439 e. The summed E-state index contributed by atoms with van der Waals surface area (Å²) in [4.78, 5) is 18.4. The van der Waals surface area contributed by atoms with Crippen LogP contribution < -0.4 is 10.5 Å². The number of benzene rings is 1. The molecule has 0 amide bonds. The number of nitro benzene ring substituents is 1. The minimum absolute atomic E-state index is 0.0632. The Balaban J connectivity index is 2.39. The monoisotopic (exact) mass is 274 g/mol. The van der Waals surface area contributed by atoms with Crippen molar-refractivity contribution in [1.29, 1.82) is 0 Å². The first-order valence-corrected chi connectivity index (χ1v) is 5.91. The van der Waals surface area contributed by atoms with Gasteiger partial charge in [-0.2, -0.15) is 4.98 Å². The lowest BCUT2D eigenvalue weighted by atomic mass is 10.1. The number of hydrogen-bond acceptors (Lipinski definition) is 6. The van der Waals surface area contributed by atoms with Gasteiger partial charge in [-0.25, -0.2) is 4.98 Å². The second-order valence-corrected chi connectivity index (χ2v) is 4.47. The maximum Gasteiger partial charge on any atom is 0.272 e. The van der Waals surface area contributed by atoms with Gasteiger partial charge in [-0.05, 0) is 32.4 Å². The number of nitrogens with zero attached hydrogens (tertiary/aromatic N) is 3. The predicted molar refractivity (Wildman–Crippen MR) is 73.8 cm³/mol. The highest BCUT2D eigenvalue weighted by Gasteiger charge is 2.15. The lowest BCUT2D eigenvalue weighted by Gasteiger charge is -2.10. The van der Waals surface area contributed by atoms with Crippen molar-refractivity contribution in [3.8, 4) is 11.6 Å². The molecule has 0 saturated heterocycles. The molecule has 0 bridgehead atoms. The molecule has 2 N–H and O–H groups in total. The summed E-state index contributed by atoms with van der Waals surface area (Å²) in [7, 11) is 0. The summed E-state index contributed by atoms with van der Waals surface area (Å²) in [6, 6.07) is 4.73. The van der Waals surface area contributed by atoms with E-state index >= 15 is 0 Å². The molecule has 2 rings (SSSR count). The van der Waals surface area contributed by atoms with Crippen LogP contribution in [0.5, 0.6) is 11.6 Å². The van der Waals surface area contributed by atoms with Crippen LogP contribution >= 0.6 is 0 Å². The van der Waals surface area contributed by atoms with Crippen LogP contribution in [0.4, 0.5) is 11.6 Å². The second-order valence-electron chi connectivity index (χ2n) is 4.47. The van der Waals surface area contributed by atoms with E-state index < -0.39 is 4.92 Å². The normalized spacial score (nSPS) is 10.3. The molecule has 0 atom stereocenters. The molecule has 0 saturated carbocycles. The van der Waals surface area contributed by atoms with E-state index in [0.717, 1.165) is 0 Å². The van der Waals surface area contributed by atoms with Gasteiger partial charge in [0.25, 0.3) is 5.69 Å². The van der Waals surface area contributed by atoms with Crippen molar-refractivity contribution in [2.45, 2.75) is 20.8 Å². The Labute approximate surface area is 115 Å². The summed E-state index contributed by atoms with van der Waals surface area (Å²) in [5.41, 5.74) is 7.47. The highest BCUT2D eigenvalue weighted by Crippen LogP contribution is 2.30. The van der Waals surface area contributed by atoms with Gasteiger partial charge in [-0.15, -0.1) is 0 Å². The number of hydrogen-bond donors (Lipinski definition) is 1. The van der Waals surface area contributed by atoms with E-state index in [2.05, 4.69) is 9.97 Å². The average molecular weight is 274 g/mol. The number of ether oxygens (including phenoxy) is 1. The summed E-state index contributed by atoms with van der Waals surface area (Å²) in [5.74, 6) is 0.938. The molecular formula is C13H14N4O3. The molecule has 1 heterocycles. The standard InChI is InChI=1S/C13H14N4O3/c1-7-5-11(8(2)4-10(7)17(18)19)20-12-6-9(3)15-13(14)16-12/h4-6H,1-3H3,(H2,14,15,16). The first kappa shape index (κ1) is 13.7. The van der Waals surface area contributed by atoms with E-state index in [1.54, 1.807) is 32.9 Å². The van der Waals surface area contributed by atoms with Gasteiger partial charge in [-0.1, -0.05) is 0 Å². The second kappa shape index (κ2) is 5.12. The molecule has 1 aromatic carbocycles. The van der Waals surface area contributed by atoms with Crippen LogP contribution in [0.1, 0.15) is 16.8 Å². The van der Waals surface area contributed by atoms with Gasteiger partial charge >= 0.3 is 0 Å². The van der Waals surface area contributed by atoms with Gasteiger partial charge < -0.3 is 10.5 Å². The lowest BCUT2D eigenvalue weighted by Crippen LogP contribution is -2.00. The lowest BCUT2D eigenvalue weighted by molar-refractivity contribution is -0.385. The van der Waals surface area contributed by atoms with Crippen LogP contribution in [0.15, 0.2) is 18.2 Å². The molecule has 0 aliphatic rings. The molecule has 0 radical (unpaired) electrons. The molecule has 0 fully saturated rings. The van der Waals surface area contributed by atoms with Crippen LogP contribution in [0.25, 0.3) is 0 Å². The molecule has 0 aliphatic heterocycles. The Bertz CT molecular complexity index is 665. The van der Waals surface area contributed by atoms with E-state index in [-0.39, 0.29) is 11.6 Å². The molecule has 7 nitrogen and oxygen atoms in total. The van der Waals surface area contributed by atoms with Crippen LogP contribution in [0, 0.1) is 30.9 Å². The third kappa shape index (κ3) is 2.82. The molecule has 7 heteroatoms. The van der Waals surface area contributed by atoms with Crippen molar-refractivity contribution in [3.05, 3.63) is 45.1 Å². The molecule has 0 spiro atoms. The Morgan fingerprint density at radius 1 is 1.15 bits per heavy atom. The summed E-state index contributed by atoms with van der Waals surface area (Å²) in [5, 5.41) is 10.9. The minimum Gasteiger partial charge on any atom is -0.439 e. The number of anilines is 1. The Hall–Kier alpha value is -2.70. The van der Waals surface area contributed by atoms with Crippen molar-refractivity contribution >= 4 is 11.6 Å². The van der Waals surface area contributed by atoms with Crippen molar-refractivity contribution in [3.63, 3.8) is 0 Å². The van der Waals surface area contributed by atoms with Crippen molar-refractivity contribution in [2.75, 3.05) is 5.73 Å². The number of rotatable bonds is 3. The van der Waals surface area contributed by atoms with Gasteiger partial charge in [0.15, 0.2) is 0 Å². The Morgan fingerprint density at radius 3 is 2.45 bits per heavy atom. The third-order valence-corrected chi connectivity index (χ3v) is 2.75.